The number of thioether (sulfide) groups is 1. The minimum absolute atomic E-state index is 0.0206. The van der Waals surface area contributed by atoms with E-state index in [1.54, 1.807) is 11.8 Å². The van der Waals surface area contributed by atoms with Crippen LogP contribution in [0.25, 0.3) is 0 Å². The number of aromatic carboxylic acids is 1. The fourth-order valence-corrected chi connectivity index (χ4v) is 5.21. The molecule has 5 nitrogen and oxygen atoms in total. The van der Waals surface area contributed by atoms with Gasteiger partial charge in [-0.05, 0) is 46.7 Å². The number of hydrogen-bond donors (Lipinski definition) is 2. The fraction of sp³-hybridized carbons (Fsp3) is 0.417. The van der Waals surface area contributed by atoms with Crippen LogP contribution in [-0.4, -0.2) is 37.0 Å². The molecule has 0 aromatic heterocycles. The second kappa shape index (κ2) is 6.87. The normalized spacial score (nSPS) is 18.9. The summed E-state index contributed by atoms with van der Waals surface area (Å²) < 4.78 is 27.3. The predicted molar refractivity (Wildman–Crippen MR) is 86.8 cm³/mol. The highest BCUT2D eigenvalue weighted by molar-refractivity contribution is 9.10. The number of sulfonamides is 1. The average molecular weight is 415 g/mol. The van der Waals surface area contributed by atoms with E-state index in [1.165, 1.54) is 6.07 Å². The van der Waals surface area contributed by atoms with Gasteiger partial charge in [0.05, 0.1) is 15.5 Å². The Labute approximate surface area is 140 Å². The SMILES string of the molecule is O=C(O)c1cc(S(=O)(=O)NCC2CCCS2)cc(Br)c1Cl. The van der Waals surface area contributed by atoms with Gasteiger partial charge in [-0.3, -0.25) is 0 Å². The second-order valence-electron chi connectivity index (χ2n) is 4.56. The molecule has 116 valence electrons. The van der Waals surface area contributed by atoms with Gasteiger partial charge < -0.3 is 5.11 Å². The first-order chi connectivity index (χ1) is 9.81. The van der Waals surface area contributed by atoms with Gasteiger partial charge in [-0.2, -0.15) is 11.8 Å². The Morgan fingerprint density at radius 3 is 2.81 bits per heavy atom. The maximum Gasteiger partial charge on any atom is 0.337 e. The number of carbonyl (C=O) groups is 1. The molecule has 21 heavy (non-hydrogen) atoms. The molecule has 0 radical (unpaired) electrons. The van der Waals surface area contributed by atoms with Crippen molar-refractivity contribution in [1.29, 1.82) is 0 Å². The van der Waals surface area contributed by atoms with Crippen molar-refractivity contribution in [3.8, 4) is 0 Å². The highest BCUT2D eigenvalue weighted by atomic mass is 79.9. The van der Waals surface area contributed by atoms with Crippen LogP contribution < -0.4 is 4.72 Å². The molecule has 9 heteroatoms. The molecule has 1 aromatic carbocycles. The lowest BCUT2D eigenvalue weighted by Crippen LogP contribution is -2.30. The summed E-state index contributed by atoms with van der Waals surface area (Å²) in [6, 6.07) is 2.37. The average Bonchev–Trinajstić information content (AvgIpc) is 2.92. The van der Waals surface area contributed by atoms with Crippen LogP contribution in [0.4, 0.5) is 0 Å². The Hall–Kier alpha value is -0.280. The van der Waals surface area contributed by atoms with Crippen molar-refractivity contribution in [3.63, 3.8) is 0 Å². The van der Waals surface area contributed by atoms with Gasteiger partial charge in [-0.1, -0.05) is 11.6 Å². The molecule has 1 aromatic rings. The lowest BCUT2D eigenvalue weighted by molar-refractivity contribution is 0.0696. The summed E-state index contributed by atoms with van der Waals surface area (Å²) in [6.45, 7) is 0.343. The van der Waals surface area contributed by atoms with Crippen molar-refractivity contribution in [2.75, 3.05) is 12.3 Å². The molecule has 0 saturated carbocycles. The van der Waals surface area contributed by atoms with Gasteiger partial charge >= 0.3 is 5.97 Å². The smallest absolute Gasteiger partial charge is 0.337 e. The summed E-state index contributed by atoms with van der Waals surface area (Å²) in [5.41, 5.74) is -0.248. The first-order valence-electron chi connectivity index (χ1n) is 6.15. The van der Waals surface area contributed by atoms with Crippen molar-refractivity contribution in [3.05, 3.63) is 27.2 Å². The second-order valence-corrected chi connectivity index (χ2v) is 8.97. The van der Waals surface area contributed by atoms with Gasteiger partial charge in [0.1, 0.15) is 0 Å². The van der Waals surface area contributed by atoms with Crippen LogP contribution in [0.15, 0.2) is 21.5 Å². The van der Waals surface area contributed by atoms with Crippen molar-refractivity contribution < 1.29 is 18.3 Å². The maximum atomic E-state index is 12.3. The third-order valence-electron chi connectivity index (χ3n) is 3.07. The predicted octanol–water partition coefficient (Wildman–Crippen LogP) is 2.97. The van der Waals surface area contributed by atoms with Crippen molar-refractivity contribution in [2.45, 2.75) is 23.0 Å². The van der Waals surface area contributed by atoms with E-state index in [0.717, 1.165) is 24.7 Å². The van der Waals surface area contributed by atoms with Crippen LogP contribution in [0.3, 0.4) is 0 Å². The Morgan fingerprint density at radius 1 is 1.52 bits per heavy atom. The van der Waals surface area contributed by atoms with Crippen LogP contribution in [0.1, 0.15) is 23.2 Å². The molecular weight excluding hydrogens is 402 g/mol. The molecule has 0 bridgehead atoms. The lowest BCUT2D eigenvalue weighted by atomic mass is 10.2. The number of hydrogen-bond acceptors (Lipinski definition) is 4. The van der Waals surface area contributed by atoms with Crippen LogP contribution in [-0.2, 0) is 10.0 Å². The molecule has 0 amide bonds. The Bertz CT molecular complexity index is 659. The molecule has 1 atom stereocenters. The summed E-state index contributed by atoms with van der Waals surface area (Å²) in [7, 11) is -3.76. The van der Waals surface area contributed by atoms with Gasteiger partial charge in [0.15, 0.2) is 0 Å². The van der Waals surface area contributed by atoms with Crippen LogP contribution in [0.2, 0.25) is 5.02 Å². The zero-order chi connectivity index (χ0) is 15.6. The molecule has 0 aliphatic carbocycles. The van der Waals surface area contributed by atoms with Crippen molar-refractivity contribution in [2.24, 2.45) is 0 Å². The zero-order valence-electron chi connectivity index (χ0n) is 10.8. The largest absolute Gasteiger partial charge is 0.478 e. The summed E-state index contributed by atoms with van der Waals surface area (Å²) >= 11 is 10.7. The molecule has 2 N–H and O–H groups in total. The van der Waals surface area contributed by atoms with E-state index in [1.807, 2.05) is 0 Å². The van der Waals surface area contributed by atoms with Gasteiger partial charge in [-0.15, -0.1) is 0 Å². The molecule has 1 aliphatic rings. The summed E-state index contributed by atoms with van der Waals surface area (Å²) in [6.07, 6.45) is 2.07. The summed E-state index contributed by atoms with van der Waals surface area (Å²) in [5.74, 6) is -0.230. The van der Waals surface area contributed by atoms with Gasteiger partial charge in [0.25, 0.3) is 0 Å². The zero-order valence-corrected chi connectivity index (χ0v) is 14.8. The van der Waals surface area contributed by atoms with Crippen LogP contribution in [0.5, 0.6) is 0 Å². The maximum absolute atomic E-state index is 12.3. The standard InChI is InChI=1S/C12H13BrClNO4S2/c13-10-5-8(4-9(11(10)14)12(16)17)21(18,19)15-6-7-2-1-3-20-7/h4-5,7,15H,1-3,6H2,(H,16,17). The topological polar surface area (TPSA) is 83.5 Å². The highest BCUT2D eigenvalue weighted by Crippen LogP contribution is 2.30. The van der Waals surface area contributed by atoms with Crippen molar-refractivity contribution in [1.82, 2.24) is 4.72 Å². The van der Waals surface area contributed by atoms with E-state index in [2.05, 4.69) is 20.7 Å². The van der Waals surface area contributed by atoms with Gasteiger partial charge in [-0.25, -0.2) is 17.9 Å². The molecule has 1 fully saturated rings. The van der Waals surface area contributed by atoms with Gasteiger partial charge in [0.2, 0.25) is 10.0 Å². The van der Waals surface area contributed by atoms with Gasteiger partial charge in [0, 0.05) is 16.3 Å². The quantitative estimate of drug-likeness (QED) is 0.774. The van der Waals surface area contributed by atoms with Crippen LogP contribution >= 0.6 is 39.3 Å². The molecule has 0 spiro atoms. The van der Waals surface area contributed by atoms with Crippen LogP contribution in [0, 0.1) is 0 Å². The number of carboxylic acids is 1. The number of benzene rings is 1. The Kier molecular flexibility index (Phi) is 5.59. The summed E-state index contributed by atoms with van der Waals surface area (Å²) in [4.78, 5) is 11.0. The van der Waals surface area contributed by atoms with E-state index < -0.39 is 16.0 Å². The lowest BCUT2D eigenvalue weighted by Gasteiger charge is -2.12. The number of rotatable bonds is 5. The van der Waals surface area contributed by atoms with E-state index in [4.69, 9.17) is 16.7 Å². The van der Waals surface area contributed by atoms with E-state index in [-0.39, 0.29) is 25.2 Å². The molecule has 2 rings (SSSR count). The number of carboxylic acid groups (broad SMARTS) is 1. The first kappa shape index (κ1) is 17.1. The molecule has 1 saturated heterocycles. The highest BCUT2D eigenvalue weighted by Gasteiger charge is 2.23. The third kappa shape index (κ3) is 4.13. The molecular formula is C12H13BrClNO4S2. The van der Waals surface area contributed by atoms with E-state index in [9.17, 15) is 13.2 Å². The summed E-state index contributed by atoms with van der Waals surface area (Å²) in [5, 5.41) is 9.31. The Balaban J connectivity index is 2.24. The molecule has 1 unspecified atom stereocenters. The molecule has 1 heterocycles. The minimum atomic E-state index is -3.76. The monoisotopic (exact) mass is 413 g/mol. The molecule has 1 aliphatic heterocycles. The third-order valence-corrected chi connectivity index (χ3v) is 7.13. The van der Waals surface area contributed by atoms with Crippen molar-refractivity contribution >= 4 is 55.3 Å². The van der Waals surface area contributed by atoms with E-state index >= 15 is 0 Å². The number of halogens is 2. The van der Waals surface area contributed by atoms with E-state index in [0.29, 0.717) is 6.54 Å². The number of nitrogens with one attached hydrogen (secondary N) is 1. The Morgan fingerprint density at radius 2 is 2.24 bits per heavy atom. The first-order valence-corrected chi connectivity index (χ1v) is 9.85. The fourth-order valence-electron chi connectivity index (χ4n) is 1.97. The minimum Gasteiger partial charge on any atom is -0.478 e.